The molecule has 2 aliphatic rings. The van der Waals surface area contributed by atoms with Crippen molar-refractivity contribution in [3.8, 4) is 5.75 Å². The van der Waals surface area contributed by atoms with E-state index in [1.54, 1.807) is 13.2 Å². The summed E-state index contributed by atoms with van der Waals surface area (Å²) in [5.41, 5.74) is 27.2. The van der Waals surface area contributed by atoms with E-state index in [9.17, 15) is 10.2 Å². The van der Waals surface area contributed by atoms with Gasteiger partial charge in [0, 0.05) is 68.0 Å². The molecule has 0 spiro atoms. The van der Waals surface area contributed by atoms with Gasteiger partial charge in [0.1, 0.15) is 5.75 Å². The van der Waals surface area contributed by atoms with E-state index in [2.05, 4.69) is 0 Å². The third-order valence-electron chi connectivity index (χ3n) is 6.04. The second-order valence-corrected chi connectivity index (χ2v) is 8.57. The van der Waals surface area contributed by atoms with Crippen molar-refractivity contribution in [2.45, 2.75) is 30.7 Å². The van der Waals surface area contributed by atoms with Gasteiger partial charge in [0.25, 0.3) is 0 Å². The normalized spacial score (nSPS) is 24.5. The van der Waals surface area contributed by atoms with Crippen LogP contribution in [-0.4, -0.2) is 79.5 Å². The first-order valence-electron chi connectivity index (χ1n) is 11.0. The van der Waals surface area contributed by atoms with E-state index in [1.807, 2.05) is 40.1 Å². The summed E-state index contributed by atoms with van der Waals surface area (Å²) < 4.78 is 5.26. The van der Waals surface area contributed by atoms with Crippen molar-refractivity contribution >= 4 is 22.7 Å². The Labute approximate surface area is 194 Å². The van der Waals surface area contributed by atoms with Crippen LogP contribution in [0.1, 0.15) is 5.56 Å². The topological polar surface area (TPSA) is 180 Å². The molecule has 2 aromatic rings. The lowest BCUT2D eigenvalue weighted by Crippen LogP contribution is -2.32. The number of nitrogens with zero attached hydrogens (tertiary/aromatic N) is 2. The molecule has 0 saturated carbocycles. The number of rotatable bonds is 5. The lowest BCUT2D eigenvalue weighted by Gasteiger charge is -2.21. The molecule has 11 N–H and O–H groups in total. The summed E-state index contributed by atoms with van der Waals surface area (Å²) in [6, 6.07) is 10.7. The summed E-state index contributed by atoms with van der Waals surface area (Å²) >= 11 is 0. The summed E-state index contributed by atoms with van der Waals surface area (Å²) in [6.07, 6.45) is -0.417. The van der Waals surface area contributed by atoms with Crippen LogP contribution in [-0.2, 0) is 6.42 Å². The number of methoxy groups -OCH3 is 1. The fourth-order valence-electron chi connectivity index (χ4n) is 4.21. The highest BCUT2D eigenvalue weighted by Gasteiger charge is 2.30. The first kappa shape index (κ1) is 24.9. The van der Waals surface area contributed by atoms with Gasteiger partial charge in [-0.1, -0.05) is 0 Å². The van der Waals surface area contributed by atoms with Crippen LogP contribution in [0.2, 0.25) is 0 Å². The van der Waals surface area contributed by atoms with Crippen molar-refractivity contribution < 1.29 is 20.1 Å². The van der Waals surface area contributed by atoms with Crippen LogP contribution in [0, 0.1) is 0 Å². The summed E-state index contributed by atoms with van der Waals surface area (Å²) in [5.74, 6) is 0.710. The van der Waals surface area contributed by atoms with Gasteiger partial charge in [0.05, 0.1) is 25.0 Å². The standard InChI is InChI=1S/C12H19N3O2.C11H17N3O2/c13-9-1-2-11(8(5-9)3-4-16)15-6-10(14)12(17)7-15;1-16-11-4-7(12)2-3-9(11)14-5-8(13)10(15)6-14/h1-2,5,10,12,16-17H,3-4,6-7,13-14H2;2-4,8,10,15H,5-6,12-13H2,1H3. The van der Waals surface area contributed by atoms with Crippen molar-refractivity contribution in [2.24, 2.45) is 11.5 Å². The Morgan fingerprint density at radius 1 is 0.848 bits per heavy atom. The van der Waals surface area contributed by atoms with Crippen molar-refractivity contribution in [2.75, 3.05) is 61.2 Å². The maximum atomic E-state index is 9.66. The average molecular weight is 461 g/mol. The van der Waals surface area contributed by atoms with Crippen LogP contribution in [0.25, 0.3) is 0 Å². The van der Waals surface area contributed by atoms with E-state index >= 15 is 0 Å². The predicted octanol–water partition coefficient (Wildman–Crippen LogP) is -0.903. The summed E-state index contributed by atoms with van der Waals surface area (Å²) in [7, 11) is 1.60. The minimum atomic E-state index is -0.491. The van der Waals surface area contributed by atoms with Crippen LogP contribution in [0.15, 0.2) is 36.4 Å². The number of nitrogens with two attached hydrogens (primary N) is 4. The molecule has 182 valence electrons. The maximum Gasteiger partial charge on any atom is 0.144 e. The van der Waals surface area contributed by atoms with Gasteiger partial charge in [0.2, 0.25) is 0 Å². The minimum absolute atomic E-state index is 0.0822. The van der Waals surface area contributed by atoms with Crippen LogP contribution >= 0.6 is 0 Å². The van der Waals surface area contributed by atoms with Crippen molar-refractivity contribution in [3.63, 3.8) is 0 Å². The van der Waals surface area contributed by atoms with E-state index < -0.39 is 12.2 Å². The molecule has 0 bridgehead atoms. The summed E-state index contributed by atoms with van der Waals surface area (Å²) in [6.45, 7) is 2.40. The monoisotopic (exact) mass is 460 g/mol. The third-order valence-corrected chi connectivity index (χ3v) is 6.04. The molecule has 4 unspecified atom stereocenters. The number of benzene rings is 2. The molecule has 10 heteroatoms. The van der Waals surface area contributed by atoms with Crippen LogP contribution in [0.3, 0.4) is 0 Å². The lowest BCUT2D eigenvalue weighted by molar-refractivity contribution is 0.180. The molecule has 2 fully saturated rings. The average Bonchev–Trinajstić information content (AvgIpc) is 3.29. The number of β-amino-alcohol motifs (C(OH)–C–C–N with tert-alkyl or cyclic N) is 2. The Morgan fingerprint density at radius 3 is 1.85 bits per heavy atom. The van der Waals surface area contributed by atoms with E-state index in [1.165, 1.54) is 0 Å². The summed E-state index contributed by atoms with van der Waals surface area (Å²) in [5, 5.41) is 28.3. The van der Waals surface area contributed by atoms with Gasteiger partial charge in [-0.05, 0) is 42.3 Å². The number of aliphatic hydroxyl groups is 3. The Hall–Kier alpha value is -2.76. The molecule has 2 heterocycles. The Bertz CT molecular complexity index is 910. The van der Waals surface area contributed by atoms with Crippen molar-refractivity contribution in [3.05, 3.63) is 42.0 Å². The molecular formula is C23H36N6O4. The number of hydrogen-bond acceptors (Lipinski definition) is 10. The third kappa shape index (κ3) is 5.98. The smallest absolute Gasteiger partial charge is 0.144 e. The van der Waals surface area contributed by atoms with Gasteiger partial charge < -0.3 is 52.8 Å². The molecule has 2 aliphatic heterocycles. The molecule has 0 aromatic heterocycles. The van der Waals surface area contributed by atoms with Crippen molar-refractivity contribution in [1.82, 2.24) is 0 Å². The zero-order chi connectivity index (χ0) is 24.1. The summed E-state index contributed by atoms with van der Waals surface area (Å²) in [4.78, 5) is 4.05. The number of hydrogen-bond donors (Lipinski definition) is 7. The highest BCUT2D eigenvalue weighted by Crippen LogP contribution is 2.32. The SMILES string of the molecule is COc1cc(N)ccc1N1CC(N)C(O)C1.Nc1ccc(N2CC(N)C(O)C2)c(CCO)c1. The van der Waals surface area contributed by atoms with Crippen LogP contribution < -0.4 is 37.5 Å². The Morgan fingerprint density at radius 2 is 1.36 bits per heavy atom. The largest absolute Gasteiger partial charge is 0.495 e. The first-order valence-corrected chi connectivity index (χ1v) is 11.0. The van der Waals surface area contributed by atoms with Crippen molar-refractivity contribution in [1.29, 1.82) is 0 Å². The molecule has 0 amide bonds. The van der Waals surface area contributed by atoms with E-state index in [0.717, 1.165) is 16.9 Å². The number of aliphatic hydroxyl groups excluding tert-OH is 3. The predicted molar refractivity (Wildman–Crippen MR) is 131 cm³/mol. The highest BCUT2D eigenvalue weighted by molar-refractivity contribution is 5.65. The Balaban J connectivity index is 0.000000186. The molecule has 10 nitrogen and oxygen atoms in total. The van der Waals surface area contributed by atoms with E-state index in [4.69, 9.17) is 32.8 Å². The molecule has 0 radical (unpaired) electrons. The molecule has 4 atom stereocenters. The van der Waals surface area contributed by atoms with Crippen LogP contribution in [0.4, 0.5) is 22.7 Å². The van der Waals surface area contributed by atoms with E-state index in [0.29, 0.717) is 49.7 Å². The fourth-order valence-corrected chi connectivity index (χ4v) is 4.21. The first-order chi connectivity index (χ1) is 15.7. The van der Waals surface area contributed by atoms with Gasteiger partial charge in [-0.15, -0.1) is 0 Å². The fraction of sp³-hybridized carbons (Fsp3) is 0.478. The lowest BCUT2D eigenvalue weighted by atomic mass is 10.1. The number of nitrogen functional groups attached to an aromatic ring is 2. The molecule has 33 heavy (non-hydrogen) atoms. The van der Waals surface area contributed by atoms with Crippen LogP contribution in [0.5, 0.6) is 5.75 Å². The minimum Gasteiger partial charge on any atom is -0.495 e. The van der Waals surface area contributed by atoms with Gasteiger partial charge in [0.15, 0.2) is 0 Å². The zero-order valence-corrected chi connectivity index (χ0v) is 19.0. The molecule has 0 aliphatic carbocycles. The molecule has 4 rings (SSSR count). The van der Waals surface area contributed by atoms with Gasteiger partial charge in [-0.25, -0.2) is 0 Å². The second kappa shape index (κ2) is 10.9. The maximum absolute atomic E-state index is 9.66. The van der Waals surface area contributed by atoms with Gasteiger partial charge >= 0.3 is 0 Å². The molecular weight excluding hydrogens is 424 g/mol. The quantitative estimate of drug-likeness (QED) is 0.276. The van der Waals surface area contributed by atoms with Gasteiger partial charge in [-0.3, -0.25) is 0 Å². The zero-order valence-electron chi connectivity index (χ0n) is 19.0. The molecule has 2 saturated heterocycles. The van der Waals surface area contributed by atoms with Gasteiger partial charge in [-0.2, -0.15) is 0 Å². The van der Waals surface area contributed by atoms with E-state index in [-0.39, 0.29) is 18.7 Å². The second-order valence-electron chi connectivity index (χ2n) is 8.57. The number of ether oxygens (including phenoxy) is 1. The number of anilines is 4. The Kier molecular flexibility index (Phi) is 8.22. The highest BCUT2D eigenvalue weighted by atomic mass is 16.5. The molecule has 2 aromatic carbocycles.